The molecule has 1 aliphatic heterocycles. The maximum absolute atomic E-state index is 13.0. The number of carbonyl (C=O) groups excluding carboxylic acids is 1. The van der Waals surface area contributed by atoms with Crippen LogP contribution in [0, 0.1) is 16.0 Å². The Labute approximate surface area is 153 Å². The number of aryl methyl sites for hydroxylation is 1. The number of alkyl halides is 3. The van der Waals surface area contributed by atoms with Gasteiger partial charge in [-0.2, -0.15) is 13.2 Å². The summed E-state index contributed by atoms with van der Waals surface area (Å²) in [5.74, 6) is -1.79. The zero-order chi connectivity index (χ0) is 19.8. The Hall–Kier alpha value is -2.36. The van der Waals surface area contributed by atoms with E-state index in [1.54, 1.807) is 0 Å². The summed E-state index contributed by atoms with van der Waals surface area (Å²) >= 11 is 0. The molecule has 3 rings (SSSR count). The number of amides is 1. The second-order valence-electron chi connectivity index (χ2n) is 7.24. The van der Waals surface area contributed by atoms with Gasteiger partial charge >= 0.3 is 6.18 Å². The van der Waals surface area contributed by atoms with E-state index in [1.807, 2.05) is 0 Å². The molecule has 0 bridgehead atoms. The predicted octanol–water partition coefficient (Wildman–Crippen LogP) is 3.38. The van der Waals surface area contributed by atoms with Crippen LogP contribution in [-0.4, -0.2) is 34.3 Å². The Morgan fingerprint density at radius 2 is 2.11 bits per heavy atom. The van der Waals surface area contributed by atoms with Gasteiger partial charge in [0.1, 0.15) is 5.69 Å². The molecule has 0 saturated heterocycles. The van der Waals surface area contributed by atoms with Gasteiger partial charge in [0.25, 0.3) is 5.69 Å². The number of hydrogen-bond donors (Lipinski definition) is 3. The number of halogens is 3. The van der Waals surface area contributed by atoms with Crippen LogP contribution in [0.1, 0.15) is 37.7 Å². The third kappa shape index (κ3) is 4.32. The summed E-state index contributed by atoms with van der Waals surface area (Å²) in [4.78, 5) is 22.3. The summed E-state index contributed by atoms with van der Waals surface area (Å²) in [6.45, 7) is -0.243. The second-order valence-corrected chi connectivity index (χ2v) is 7.24. The van der Waals surface area contributed by atoms with Crippen LogP contribution in [0.3, 0.4) is 0 Å². The molecule has 27 heavy (non-hydrogen) atoms. The Balaban J connectivity index is 1.79. The van der Waals surface area contributed by atoms with Crippen molar-refractivity contribution in [1.29, 1.82) is 0 Å². The first-order valence-electron chi connectivity index (χ1n) is 8.71. The monoisotopic (exact) mass is 387 g/mol. The molecule has 2 unspecified atom stereocenters. The molecule has 10 heteroatoms. The Morgan fingerprint density at radius 3 is 2.78 bits per heavy atom. The molecule has 148 valence electrons. The summed E-state index contributed by atoms with van der Waals surface area (Å²) in [5.41, 5.74) is -0.727. The molecular formula is C17H20F3N3O4. The van der Waals surface area contributed by atoms with Crippen molar-refractivity contribution in [3.8, 4) is 0 Å². The zero-order valence-corrected chi connectivity index (χ0v) is 14.4. The second kappa shape index (κ2) is 6.99. The maximum Gasteiger partial charge on any atom is 0.391 e. The number of hydrogen-bond acceptors (Lipinski definition) is 5. The van der Waals surface area contributed by atoms with Crippen molar-refractivity contribution >= 4 is 23.0 Å². The number of fused-ring (bicyclic) bond motifs is 1. The summed E-state index contributed by atoms with van der Waals surface area (Å²) in [6, 6.07) is 2.75. The number of nitro groups is 1. The van der Waals surface area contributed by atoms with Gasteiger partial charge in [-0.15, -0.1) is 0 Å². The fraction of sp³-hybridized carbons (Fsp3) is 0.588. The highest BCUT2D eigenvalue weighted by Gasteiger charge is 2.47. The van der Waals surface area contributed by atoms with Crippen LogP contribution in [0.4, 0.5) is 30.2 Å². The summed E-state index contributed by atoms with van der Waals surface area (Å²) in [6.07, 6.45) is -3.84. The molecule has 1 fully saturated rings. The topological polar surface area (TPSA) is 104 Å². The SMILES string of the molecule is O=C1CCc2cc([N+](=O)[O-])c(NCC3(O)CCCC(C(F)(F)F)C3)cc2N1. The zero-order valence-electron chi connectivity index (χ0n) is 14.4. The average molecular weight is 387 g/mol. The number of carbonyl (C=O) groups is 1. The van der Waals surface area contributed by atoms with E-state index in [-0.39, 0.29) is 49.5 Å². The van der Waals surface area contributed by atoms with Crippen LogP contribution in [0.15, 0.2) is 12.1 Å². The average Bonchev–Trinajstić information content (AvgIpc) is 2.58. The first kappa shape index (κ1) is 19.4. The Morgan fingerprint density at radius 1 is 1.37 bits per heavy atom. The smallest absolute Gasteiger partial charge is 0.388 e. The molecule has 1 aromatic rings. The van der Waals surface area contributed by atoms with E-state index in [0.717, 1.165) is 0 Å². The fourth-order valence-corrected chi connectivity index (χ4v) is 3.75. The van der Waals surface area contributed by atoms with Crippen LogP contribution in [0.2, 0.25) is 0 Å². The van der Waals surface area contributed by atoms with Crippen LogP contribution in [0.5, 0.6) is 0 Å². The molecule has 1 amide bonds. The summed E-state index contributed by atoms with van der Waals surface area (Å²) in [5, 5.41) is 27.3. The van der Waals surface area contributed by atoms with Crippen LogP contribution < -0.4 is 10.6 Å². The van der Waals surface area contributed by atoms with Crippen molar-refractivity contribution < 1.29 is 28.0 Å². The van der Waals surface area contributed by atoms with E-state index in [4.69, 9.17) is 0 Å². The number of rotatable bonds is 4. The summed E-state index contributed by atoms with van der Waals surface area (Å²) < 4.78 is 38.9. The minimum absolute atomic E-state index is 0.0309. The largest absolute Gasteiger partial charge is 0.391 e. The number of nitrogens with one attached hydrogen (secondary N) is 2. The molecule has 1 heterocycles. The lowest BCUT2D eigenvalue weighted by Gasteiger charge is -2.37. The standard InChI is InChI=1S/C17H20F3N3O4/c18-17(19,20)11-2-1-5-16(25,8-11)9-21-13-7-12-10(3-4-15(24)22-12)6-14(13)23(26)27/h6-7,11,21,25H,1-5,8-9H2,(H,22,24). The number of aliphatic hydroxyl groups is 1. The number of nitrogens with zero attached hydrogens (tertiary/aromatic N) is 1. The van der Waals surface area contributed by atoms with Crippen molar-refractivity contribution in [3.05, 3.63) is 27.8 Å². The lowest BCUT2D eigenvalue weighted by atomic mass is 9.77. The van der Waals surface area contributed by atoms with Crippen LogP contribution in [-0.2, 0) is 11.2 Å². The van der Waals surface area contributed by atoms with Gasteiger partial charge in [-0.25, -0.2) is 0 Å². The van der Waals surface area contributed by atoms with Crippen molar-refractivity contribution in [3.63, 3.8) is 0 Å². The van der Waals surface area contributed by atoms with E-state index in [2.05, 4.69) is 10.6 Å². The van der Waals surface area contributed by atoms with Crippen LogP contribution in [0.25, 0.3) is 0 Å². The first-order valence-corrected chi connectivity index (χ1v) is 8.71. The molecule has 0 aromatic heterocycles. The number of benzene rings is 1. The molecule has 0 radical (unpaired) electrons. The quantitative estimate of drug-likeness (QED) is 0.543. The fourth-order valence-electron chi connectivity index (χ4n) is 3.75. The van der Waals surface area contributed by atoms with Gasteiger partial charge in [0.05, 0.1) is 16.4 Å². The third-order valence-electron chi connectivity index (χ3n) is 5.21. The molecule has 1 saturated carbocycles. The molecule has 0 spiro atoms. The maximum atomic E-state index is 13.0. The highest BCUT2D eigenvalue weighted by atomic mass is 19.4. The van der Waals surface area contributed by atoms with E-state index in [0.29, 0.717) is 17.7 Å². The molecule has 2 atom stereocenters. The van der Waals surface area contributed by atoms with Gasteiger partial charge in [0.15, 0.2) is 0 Å². The van der Waals surface area contributed by atoms with Gasteiger partial charge in [0.2, 0.25) is 5.91 Å². The van der Waals surface area contributed by atoms with Gasteiger partial charge in [-0.3, -0.25) is 14.9 Å². The van der Waals surface area contributed by atoms with E-state index < -0.39 is 29.0 Å². The van der Waals surface area contributed by atoms with Gasteiger partial charge < -0.3 is 15.7 Å². The van der Waals surface area contributed by atoms with Gasteiger partial charge in [-0.05, 0) is 43.7 Å². The van der Waals surface area contributed by atoms with Crippen molar-refractivity contribution in [2.24, 2.45) is 5.92 Å². The van der Waals surface area contributed by atoms with Crippen molar-refractivity contribution in [2.75, 3.05) is 17.2 Å². The minimum Gasteiger partial charge on any atom is -0.388 e. The molecular weight excluding hydrogens is 367 g/mol. The third-order valence-corrected chi connectivity index (χ3v) is 5.21. The highest BCUT2D eigenvalue weighted by molar-refractivity contribution is 5.95. The van der Waals surface area contributed by atoms with E-state index >= 15 is 0 Å². The van der Waals surface area contributed by atoms with Crippen LogP contribution >= 0.6 is 0 Å². The van der Waals surface area contributed by atoms with E-state index in [9.17, 15) is 33.2 Å². The lowest BCUT2D eigenvalue weighted by molar-refractivity contribution is -0.384. The number of anilines is 2. The molecule has 1 aromatic carbocycles. The predicted molar refractivity (Wildman–Crippen MR) is 91.5 cm³/mol. The Bertz CT molecular complexity index is 769. The normalized spacial score (nSPS) is 25.5. The Kier molecular flexibility index (Phi) is 5.02. The van der Waals surface area contributed by atoms with E-state index in [1.165, 1.54) is 12.1 Å². The molecule has 3 N–H and O–H groups in total. The first-order chi connectivity index (χ1) is 12.6. The minimum atomic E-state index is -4.38. The molecule has 1 aliphatic carbocycles. The van der Waals surface area contributed by atoms with Gasteiger partial charge in [-0.1, -0.05) is 0 Å². The van der Waals surface area contributed by atoms with Crippen molar-refractivity contribution in [1.82, 2.24) is 0 Å². The highest BCUT2D eigenvalue weighted by Crippen LogP contribution is 2.42. The van der Waals surface area contributed by atoms with Gasteiger partial charge in [0, 0.05) is 24.7 Å². The lowest BCUT2D eigenvalue weighted by Crippen LogP contribution is -2.45. The molecule has 2 aliphatic rings. The summed E-state index contributed by atoms with van der Waals surface area (Å²) in [7, 11) is 0. The van der Waals surface area contributed by atoms with Crippen molar-refractivity contribution in [2.45, 2.75) is 50.3 Å². The number of nitro benzene ring substituents is 1. The molecule has 7 nitrogen and oxygen atoms in total.